The lowest BCUT2D eigenvalue weighted by molar-refractivity contribution is 0.112. The predicted octanol–water partition coefficient (Wildman–Crippen LogP) is 4.56. The van der Waals surface area contributed by atoms with E-state index in [0.717, 1.165) is 0 Å². The number of hydrogen-bond donors (Lipinski definition) is 1. The molecule has 0 heterocycles. The Kier molecular flexibility index (Phi) is 5.30. The van der Waals surface area contributed by atoms with Gasteiger partial charge < -0.3 is 5.11 Å². The second-order valence-electron chi connectivity index (χ2n) is 4.41. The van der Waals surface area contributed by atoms with Crippen LogP contribution >= 0.6 is 0 Å². The Balaban J connectivity index is 0.000000161. The first-order valence-electron chi connectivity index (χ1n) is 6.65. The van der Waals surface area contributed by atoms with Gasteiger partial charge in [-0.2, -0.15) is 0 Å². The van der Waals surface area contributed by atoms with Crippen LogP contribution in [0.2, 0.25) is 0 Å². The van der Waals surface area contributed by atoms with Gasteiger partial charge in [0.1, 0.15) is 5.75 Å². The van der Waals surface area contributed by atoms with E-state index in [0.29, 0.717) is 11.8 Å². The molecule has 3 aromatic rings. The Morgan fingerprint density at radius 2 is 1.05 bits per heavy atom. The van der Waals surface area contributed by atoms with Crippen LogP contribution in [-0.4, -0.2) is 11.4 Å². The molecule has 0 fully saturated rings. The maximum Gasteiger partial charge on any atom is 0.153 e. The number of carbonyl (C=O) groups is 1. The Morgan fingerprint density at radius 3 is 1.43 bits per heavy atom. The van der Waals surface area contributed by atoms with Crippen LogP contribution in [0.25, 0.3) is 11.1 Å². The summed E-state index contributed by atoms with van der Waals surface area (Å²) in [5.74, 6) is 0.0347. The van der Waals surface area contributed by atoms with E-state index >= 15 is 0 Å². The minimum Gasteiger partial charge on any atom is -0.507 e. The van der Waals surface area contributed by atoms with Crippen molar-refractivity contribution in [3.05, 3.63) is 90.5 Å². The van der Waals surface area contributed by atoms with E-state index in [9.17, 15) is 4.79 Å². The molecule has 0 atom stereocenters. The Hall–Kier alpha value is -2.87. The standard InChI is InChI=1S/C12H10.C7H6O2/c1-3-7-11(8-4-1)12-9-5-2-6-10-12;8-5-6-3-1-2-4-7(6)9/h1-10H;1-5,9H. The van der Waals surface area contributed by atoms with Gasteiger partial charge in [-0.1, -0.05) is 72.8 Å². The van der Waals surface area contributed by atoms with Crippen LogP contribution in [0.5, 0.6) is 5.75 Å². The summed E-state index contributed by atoms with van der Waals surface area (Å²) in [6.45, 7) is 0. The molecule has 2 heteroatoms. The van der Waals surface area contributed by atoms with E-state index in [-0.39, 0.29) is 5.75 Å². The highest BCUT2D eigenvalue weighted by Crippen LogP contribution is 2.17. The largest absolute Gasteiger partial charge is 0.507 e. The van der Waals surface area contributed by atoms with E-state index in [2.05, 4.69) is 48.5 Å². The highest BCUT2D eigenvalue weighted by molar-refractivity contribution is 5.78. The minimum atomic E-state index is 0.0347. The molecule has 0 saturated carbocycles. The fraction of sp³-hybridized carbons (Fsp3) is 0. The summed E-state index contributed by atoms with van der Waals surface area (Å²) in [6, 6.07) is 27.2. The van der Waals surface area contributed by atoms with Gasteiger partial charge in [0.15, 0.2) is 6.29 Å². The second kappa shape index (κ2) is 7.65. The Labute approximate surface area is 124 Å². The fourth-order valence-corrected chi connectivity index (χ4v) is 1.85. The molecule has 0 aliphatic heterocycles. The first-order chi connectivity index (χ1) is 10.3. The Morgan fingerprint density at radius 1 is 0.619 bits per heavy atom. The van der Waals surface area contributed by atoms with Gasteiger partial charge in [0.25, 0.3) is 0 Å². The minimum absolute atomic E-state index is 0.0347. The van der Waals surface area contributed by atoms with Gasteiger partial charge in [0, 0.05) is 0 Å². The van der Waals surface area contributed by atoms with Crippen molar-refractivity contribution in [1.29, 1.82) is 0 Å². The zero-order chi connectivity index (χ0) is 14.9. The number of aromatic hydroxyl groups is 1. The summed E-state index contributed by atoms with van der Waals surface area (Å²) in [7, 11) is 0. The van der Waals surface area contributed by atoms with Crippen molar-refractivity contribution in [2.75, 3.05) is 0 Å². The summed E-state index contributed by atoms with van der Waals surface area (Å²) in [4.78, 5) is 10.1. The first-order valence-corrected chi connectivity index (χ1v) is 6.65. The van der Waals surface area contributed by atoms with E-state index < -0.39 is 0 Å². The summed E-state index contributed by atoms with van der Waals surface area (Å²) in [5, 5.41) is 8.88. The smallest absolute Gasteiger partial charge is 0.153 e. The summed E-state index contributed by atoms with van der Waals surface area (Å²) in [5.41, 5.74) is 2.88. The average molecular weight is 276 g/mol. The van der Waals surface area contributed by atoms with Crippen molar-refractivity contribution in [1.82, 2.24) is 0 Å². The van der Waals surface area contributed by atoms with Crippen LogP contribution in [-0.2, 0) is 0 Å². The molecule has 3 aromatic carbocycles. The molecule has 104 valence electrons. The molecule has 3 rings (SSSR count). The number of para-hydroxylation sites is 1. The summed E-state index contributed by atoms with van der Waals surface area (Å²) in [6.07, 6.45) is 0.620. The lowest BCUT2D eigenvalue weighted by Crippen LogP contribution is -1.77. The van der Waals surface area contributed by atoms with Crippen LogP contribution in [0, 0.1) is 0 Å². The third-order valence-electron chi connectivity index (χ3n) is 2.94. The van der Waals surface area contributed by atoms with Crippen molar-refractivity contribution in [2.45, 2.75) is 0 Å². The van der Waals surface area contributed by atoms with Gasteiger partial charge in [-0.15, -0.1) is 0 Å². The molecule has 0 spiro atoms. The number of phenolic OH excluding ortho intramolecular Hbond substituents is 1. The predicted molar refractivity (Wildman–Crippen MR) is 85.4 cm³/mol. The summed E-state index contributed by atoms with van der Waals surface area (Å²) >= 11 is 0. The maximum absolute atomic E-state index is 10.1. The lowest BCUT2D eigenvalue weighted by Gasteiger charge is -1.98. The van der Waals surface area contributed by atoms with Crippen molar-refractivity contribution < 1.29 is 9.90 Å². The number of rotatable bonds is 2. The van der Waals surface area contributed by atoms with E-state index in [1.54, 1.807) is 18.2 Å². The van der Waals surface area contributed by atoms with Gasteiger partial charge in [-0.05, 0) is 23.3 Å². The molecule has 0 aromatic heterocycles. The van der Waals surface area contributed by atoms with Gasteiger partial charge in [-0.3, -0.25) is 4.79 Å². The molecule has 0 aliphatic carbocycles. The maximum atomic E-state index is 10.1. The van der Waals surface area contributed by atoms with E-state index in [1.165, 1.54) is 17.2 Å². The van der Waals surface area contributed by atoms with Crippen molar-refractivity contribution in [2.24, 2.45) is 0 Å². The van der Waals surface area contributed by atoms with Gasteiger partial charge >= 0.3 is 0 Å². The first kappa shape index (κ1) is 14.5. The van der Waals surface area contributed by atoms with Crippen LogP contribution in [0.4, 0.5) is 0 Å². The van der Waals surface area contributed by atoms with Crippen molar-refractivity contribution in [3.63, 3.8) is 0 Å². The van der Waals surface area contributed by atoms with E-state index in [1.807, 2.05) is 12.1 Å². The molecule has 0 bridgehead atoms. The molecular formula is C19H16O2. The molecule has 21 heavy (non-hydrogen) atoms. The SMILES string of the molecule is O=Cc1ccccc1O.c1ccc(-c2ccccc2)cc1. The van der Waals surface area contributed by atoms with Crippen LogP contribution in [0.1, 0.15) is 10.4 Å². The number of phenols is 1. The van der Waals surface area contributed by atoms with E-state index in [4.69, 9.17) is 5.11 Å². The highest BCUT2D eigenvalue weighted by Gasteiger charge is 1.93. The lowest BCUT2D eigenvalue weighted by atomic mass is 10.1. The summed E-state index contributed by atoms with van der Waals surface area (Å²) < 4.78 is 0. The molecule has 0 unspecified atom stereocenters. The normalized spacial score (nSPS) is 9.33. The molecule has 0 saturated heterocycles. The monoisotopic (exact) mass is 276 g/mol. The van der Waals surface area contributed by atoms with Gasteiger partial charge in [0.05, 0.1) is 5.56 Å². The molecular weight excluding hydrogens is 260 g/mol. The molecule has 0 radical (unpaired) electrons. The molecule has 1 N–H and O–H groups in total. The highest BCUT2D eigenvalue weighted by atomic mass is 16.3. The molecule has 0 amide bonds. The number of aldehydes is 1. The number of benzene rings is 3. The topological polar surface area (TPSA) is 37.3 Å². The van der Waals surface area contributed by atoms with Gasteiger partial charge in [0.2, 0.25) is 0 Å². The van der Waals surface area contributed by atoms with Crippen LogP contribution < -0.4 is 0 Å². The van der Waals surface area contributed by atoms with Gasteiger partial charge in [-0.25, -0.2) is 0 Å². The average Bonchev–Trinajstić information content (AvgIpc) is 2.58. The van der Waals surface area contributed by atoms with Crippen LogP contribution in [0.3, 0.4) is 0 Å². The van der Waals surface area contributed by atoms with Crippen molar-refractivity contribution in [3.8, 4) is 16.9 Å². The quantitative estimate of drug-likeness (QED) is 0.697. The second-order valence-corrected chi connectivity index (χ2v) is 4.41. The van der Waals surface area contributed by atoms with Crippen LogP contribution in [0.15, 0.2) is 84.9 Å². The fourth-order valence-electron chi connectivity index (χ4n) is 1.85. The third kappa shape index (κ3) is 4.32. The number of hydrogen-bond acceptors (Lipinski definition) is 2. The zero-order valence-corrected chi connectivity index (χ0v) is 11.5. The Bertz CT molecular complexity index is 639. The molecule has 2 nitrogen and oxygen atoms in total. The zero-order valence-electron chi connectivity index (χ0n) is 11.5. The molecule has 0 aliphatic rings. The number of carbonyl (C=O) groups excluding carboxylic acids is 1. The van der Waals surface area contributed by atoms with Crippen molar-refractivity contribution >= 4 is 6.29 Å². The third-order valence-corrected chi connectivity index (χ3v) is 2.94.